The Morgan fingerprint density at radius 2 is 1.58 bits per heavy atom. The van der Waals surface area contributed by atoms with Gasteiger partial charge in [0, 0.05) is 22.9 Å². The second-order valence-corrected chi connectivity index (χ2v) is 9.24. The molecule has 5 rings (SSSR count). The monoisotopic (exact) mass is 494 g/mol. The lowest BCUT2D eigenvalue weighted by Gasteiger charge is -2.18. The third-order valence-corrected chi connectivity index (χ3v) is 6.90. The fourth-order valence-electron chi connectivity index (χ4n) is 4.79. The largest absolute Gasteiger partial charge is 0.397 e. The van der Waals surface area contributed by atoms with Crippen molar-refractivity contribution in [2.24, 2.45) is 4.99 Å². The lowest BCUT2D eigenvalue weighted by Crippen LogP contribution is -2.03. The number of nitrogen functional groups attached to an aromatic ring is 1. The van der Waals surface area contributed by atoms with Crippen LogP contribution in [0.3, 0.4) is 0 Å². The van der Waals surface area contributed by atoms with E-state index >= 15 is 0 Å². The number of benzene rings is 5. The summed E-state index contributed by atoms with van der Waals surface area (Å²) in [5.41, 5.74) is 16.1. The molecule has 0 amide bonds. The van der Waals surface area contributed by atoms with Gasteiger partial charge in [0.1, 0.15) is 0 Å². The maximum atomic E-state index is 7.88. The number of anilines is 3. The molecule has 4 heteroatoms. The van der Waals surface area contributed by atoms with Crippen LogP contribution in [0.4, 0.5) is 17.1 Å². The van der Waals surface area contributed by atoms with Crippen molar-refractivity contribution >= 4 is 46.5 Å². The van der Waals surface area contributed by atoms with Crippen molar-refractivity contribution in [2.45, 2.75) is 13.3 Å². The van der Waals surface area contributed by atoms with Crippen molar-refractivity contribution in [1.29, 1.82) is 5.41 Å². The SMILES string of the molecule is C=N/C(=C\Cc1ccccc1)c1ccc(-c2cccc(Nc3c(N)c(C)c(C=N)c4ccccc34)c2)cc1. The molecule has 0 heterocycles. The maximum absolute atomic E-state index is 7.88. The summed E-state index contributed by atoms with van der Waals surface area (Å²) in [5, 5.41) is 13.4. The Morgan fingerprint density at radius 3 is 2.29 bits per heavy atom. The van der Waals surface area contributed by atoms with Gasteiger partial charge in [-0.25, -0.2) is 0 Å². The van der Waals surface area contributed by atoms with Crippen LogP contribution in [0, 0.1) is 12.3 Å². The molecule has 0 aliphatic heterocycles. The molecule has 0 fully saturated rings. The third-order valence-electron chi connectivity index (χ3n) is 6.90. The van der Waals surface area contributed by atoms with Gasteiger partial charge in [-0.1, -0.05) is 97.1 Å². The van der Waals surface area contributed by atoms with Gasteiger partial charge in [-0.2, -0.15) is 0 Å². The molecule has 0 saturated heterocycles. The van der Waals surface area contributed by atoms with Gasteiger partial charge in [0.05, 0.1) is 17.1 Å². The first-order valence-corrected chi connectivity index (χ1v) is 12.6. The quantitative estimate of drug-likeness (QED) is 0.150. The average Bonchev–Trinajstić information content (AvgIpc) is 2.97. The van der Waals surface area contributed by atoms with Crippen molar-refractivity contribution in [3.05, 3.63) is 131 Å². The van der Waals surface area contributed by atoms with E-state index in [1.165, 1.54) is 11.8 Å². The van der Waals surface area contributed by atoms with Crippen molar-refractivity contribution in [3.8, 4) is 11.1 Å². The molecule has 0 aliphatic rings. The van der Waals surface area contributed by atoms with Crippen LogP contribution < -0.4 is 11.1 Å². The van der Waals surface area contributed by atoms with E-state index < -0.39 is 0 Å². The predicted molar refractivity (Wildman–Crippen MR) is 164 cm³/mol. The number of aliphatic imine (C=N–C) groups is 1. The van der Waals surface area contributed by atoms with Crippen LogP contribution in [-0.4, -0.2) is 12.9 Å². The second-order valence-electron chi connectivity index (χ2n) is 9.24. The molecule has 0 unspecified atom stereocenters. The zero-order valence-corrected chi connectivity index (χ0v) is 21.4. The highest BCUT2D eigenvalue weighted by atomic mass is 14.9. The molecule has 4 N–H and O–H groups in total. The highest BCUT2D eigenvalue weighted by molar-refractivity contribution is 6.11. The molecule has 0 spiro atoms. The number of nitrogens with two attached hydrogens (primary N) is 1. The molecule has 5 aromatic carbocycles. The van der Waals surface area contributed by atoms with E-state index in [0.717, 1.165) is 62.1 Å². The highest BCUT2D eigenvalue weighted by Crippen LogP contribution is 2.38. The molecular weight excluding hydrogens is 464 g/mol. The van der Waals surface area contributed by atoms with Crippen molar-refractivity contribution in [2.75, 3.05) is 11.1 Å². The molecule has 38 heavy (non-hydrogen) atoms. The number of rotatable bonds is 8. The molecule has 186 valence electrons. The molecule has 0 aromatic heterocycles. The summed E-state index contributed by atoms with van der Waals surface area (Å²) in [7, 11) is 0. The number of allylic oxidation sites excluding steroid dienone is 1. The predicted octanol–water partition coefficient (Wildman–Crippen LogP) is 8.42. The molecule has 0 radical (unpaired) electrons. The van der Waals surface area contributed by atoms with Crippen LogP contribution >= 0.6 is 0 Å². The van der Waals surface area contributed by atoms with Gasteiger partial charge >= 0.3 is 0 Å². The minimum Gasteiger partial charge on any atom is -0.397 e. The van der Waals surface area contributed by atoms with Crippen LogP contribution in [-0.2, 0) is 6.42 Å². The minimum absolute atomic E-state index is 0.656. The zero-order valence-electron chi connectivity index (χ0n) is 21.4. The fraction of sp³-hybridized carbons (Fsp3) is 0.0588. The van der Waals surface area contributed by atoms with E-state index in [0.29, 0.717) is 5.69 Å². The second kappa shape index (κ2) is 11.0. The van der Waals surface area contributed by atoms with Crippen LogP contribution in [0.15, 0.2) is 114 Å². The number of fused-ring (bicyclic) bond motifs is 1. The Kier molecular flexibility index (Phi) is 7.14. The Bertz CT molecular complexity index is 1650. The van der Waals surface area contributed by atoms with Gasteiger partial charge in [0.2, 0.25) is 0 Å². The first-order chi connectivity index (χ1) is 18.6. The molecule has 0 aliphatic carbocycles. The van der Waals surface area contributed by atoms with Crippen molar-refractivity contribution < 1.29 is 0 Å². The lowest BCUT2D eigenvalue weighted by molar-refractivity contribution is 1.26. The Balaban J connectivity index is 1.42. The first-order valence-electron chi connectivity index (χ1n) is 12.6. The molecule has 4 nitrogen and oxygen atoms in total. The summed E-state index contributed by atoms with van der Waals surface area (Å²) in [5.74, 6) is 0. The van der Waals surface area contributed by atoms with Gasteiger partial charge in [-0.3, -0.25) is 4.99 Å². The fourth-order valence-corrected chi connectivity index (χ4v) is 4.79. The van der Waals surface area contributed by atoms with E-state index in [4.69, 9.17) is 11.1 Å². The van der Waals surface area contributed by atoms with Gasteiger partial charge in [-0.05, 0) is 65.4 Å². The average molecular weight is 495 g/mol. The van der Waals surface area contributed by atoms with E-state index in [1.807, 2.05) is 61.5 Å². The molecule has 0 saturated carbocycles. The number of hydrogen-bond donors (Lipinski definition) is 3. The van der Waals surface area contributed by atoms with Crippen LogP contribution in [0.5, 0.6) is 0 Å². The summed E-state index contributed by atoms with van der Waals surface area (Å²) in [4.78, 5) is 4.26. The Hall–Kier alpha value is -4.96. The normalized spacial score (nSPS) is 11.3. The van der Waals surface area contributed by atoms with E-state index in [-0.39, 0.29) is 0 Å². The smallest absolute Gasteiger partial charge is 0.0700 e. The van der Waals surface area contributed by atoms with Gasteiger partial charge in [-0.15, -0.1) is 0 Å². The van der Waals surface area contributed by atoms with Gasteiger partial charge in [0.25, 0.3) is 0 Å². The summed E-state index contributed by atoms with van der Waals surface area (Å²) in [6, 6.07) is 35.1. The Morgan fingerprint density at radius 1 is 0.868 bits per heavy atom. The van der Waals surface area contributed by atoms with E-state index in [9.17, 15) is 0 Å². The number of nitrogens with zero attached hydrogens (tertiary/aromatic N) is 1. The van der Waals surface area contributed by atoms with Gasteiger partial charge < -0.3 is 16.5 Å². The molecular formula is C34H30N4. The molecule has 0 bridgehead atoms. The standard InChI is InChI=1S/C34H30N4/c1-23-31(22-35)29-13-6-7-14-30(29)34(33(23)36)38-28-12-8-11-27(21-28)25-16-18-26(19-17-25)32(37-2)20-15-24-9-4-3-5-10-24/h3-14,16-22,35,38H,2,15,36H2,1H3/b32-20-,35-22?. The summed E-state index contributed by atoms with van der Waals surface area (Å²) < 4.78 is 0. The van der Waals surface area contributed by atoms with Gasteiger partial charge in [0.15, 0.2) is 0 Å². The lowest BCUT2D eigenvalue weighted by atomic mass is 9.96. The first kappa shape index (κ1) is 24.7. The van der Waals surface area contributed by atoms with E-state index in [1.54, 1.807) is 0 Å². The summed E-state index contributed by atoms with van der Waals surface area (Å²) in [6.07, 6.45) is 4.30. The summed E-state index contributed by atoms with van der Waals surface area (Å²) in [6.45, 7) is 5.74. The number of hydrogen-bond acceptors (Lipinski definition) is 4. The minimum atomic E-state index is 0.656. The Labute approximate surface area is 223 Å². The molecule has 0 atom stereocenters. The van der Waals surface area contributed by atoms with Crippen molar-refractivity contribution in [3.63, 3.8) is 0 Å². The summed E-state index contributed by atoms with van der Waals surface area (Å²) >= 11 is 0. The number of nitrogens with one attached hydrogen (secondary N) is 2. The topological polar surface area (TPSA) is 74.3 Å². The zero-order chi connectivity index (χ0) is 26.5. The molecule has 5 aromatic rings. The highest BCUT2D eigenvalue weighted by Gasteiger charge is 2.14. The van der Waals surface area contributed by atoms with Crippen LogP contribution in [0.1, 0.15) is 22.3 Å². The van der Waals surface area contributed by atoms with E-state index in [2.05, 4.69) is 71.6 Å². The maximum Gasteiger partial charge on any atom is 0.0700 e. The third kappa shape index (κ3) is 4.97. The van der Waals surface area contributed by atoms with Crippen LogP contribution in [0.2, 0.25) is 0 Å². The van der Waals surface area contributed by atoms with Crippen LogP contribution in [0.25, 0.3) is 27.6 Å². The van der Waals surface area contributed by atoms with Crippen molar-refractivity contribution in [1.82, 2.24) is 0 Å².